The Hall–Kier alpha value is -5.93. The first-order valence-electron chi connectivity index (χ1n) is 15.7. The van der Waals surface area contributed by atoms with Crippen LogP contribution in [0.2, 0.25) is 0 Å². The highest BCUT2D eigenvalue weighted by Gasteiger charge is 2.36. The van der Waals surface area contributed by atoms with E-state index in [0.29, 0.717) is 17.7 Å². The van der Waals surface area contributed by atoms with Gasteiger partial charge in [0.1, 0.15) is 47.6 Å². The highest BCUT2D eigenvalue weighted by atomic mass is 19.2. The fourth-order valence-corrected chi connectivity index (χ4v) is 5.27. The summed E-state index contributed by atoms with van der Waals surface area (Å²) in [6.45, 7) is 2.69. The average Bonchev–Trinajstić information content (AvgIpc) is 3.26. The molecule has 0 bridgehead atoms. The van der Waals surface area contributed by atoms with Crippen LogP contribution in [0, 0.1) is 29.1 Å². The van der Waals surface area contributed by atoms with Gasteiger partial charge in [-0.15, -0.1) is 0 Å². The van der Waals surface area contributed by atoms with E-state index in [1.54, 1.807) is 51.1 Å². The van der Waals surface area contributed by atoms with E-state index in [9.17, 15) is 41.1 Å². The number of amides is 2. The molecule has 11 nitrogen and oxygen atoms in total. The molecule has 0 radical (unpaired) electrons. The topological polar surface area (TPSA) is 125 Å². The van der Waals surface area contributed by atoms with Gasteiger partial charge in [-0.05, 0) is 26.3 Å². The second kappa shape index (κ2) is 15.1. The van der Waals surface area contributed by atoms with Crippen molar-refractivity contribution in [3.8, 4) is 11.5 Å². The molecule has 1 N–H and O–H groups in total. The van der Waals surface area contributed by atoms with Crippen LogP contribution in [0.1, 0.15) is 58.8 Å². The van der Waals surface area contributed by atoms with E-state index in [4.69, 9.17) is 18.9 Å². The minimum atomic E-state index is -1.31. The molecule has 4 aromatic rings. The predicted octanol–water partition coefficient (Wildman–Crippen LogP) is 6.21. The predicted molar refractivity (Wildman–Crippen MR) is 175 cm³/mol. The normalized spacial score (nSPS) is 14.1. The van der Waals surface area contributed by atoms with Gasteiger partial charge in [-0.1, -0.05) is 30.3 Å². The van der Waals surface area contributed by atoms with Gasteiger partial charge in [0.05, 0.1) is 25.4 Å². The number of fused-ring (bicyclic) bond motifs is 1. The van der Waals surface area contributed by atoms with E-state index < -0.39 is 106 Å². The minimum Gasteiger partial charge on any atom is -0.489 e. The number of benzene rings is 3. The van der Waals surface area contributed by atoms with E-state index in [-0.39, 0.29) is 18.0 Å². The summed E-state index contributed by atoms with van der Waals surface area (Å²) >= 11 is 0. The number of hydrogen-bond donors (Lipinski definition) is 1. The molecule has 5 rings (SSSR count). The van der Waals surface area contributed by atoms with Crippen LogP contribution in [-0.4, -0.2) is 48.4 Å². The zero-order chi connectivity index (χ0) is 37.9. The lowest BCUT2D eigenvalue weighted by Gasteiger charge is -2.30. The summed E-state index contributed by atoms with van der Waals surface area (Å²) in [6.07, 6.45) is -0.0902. The van der Waals surface area contributed by atoms with Crippen LogP contribution in [0.5, 0.6) is 11.5 Å². The fraction of sp³-hybridized carbons (Fsp3) is 0.278. The number of ether oxygens (including phenoxy) is 4. The van der Waals surface area contributed by atoms with Crippen molar-refractivity contribution in [1.82, 2.24) is 9.88 Å². The maximum atomic E-state index is 14.5. The number of methoxy groups -OCH3 is 1. The van der Waals surface area contributed by atoms with Crippen LogP contribution < -0.4 is 25.1 Å². The summed E-state index contributed by atoms with van der Waals surface area (Å²) in [7, 11) is 1.02. The number of aromatic nitrogens is 1. The maximum absolute atomic E-state index is 14.5. The van der Waals surface area contributed by atoms with Crippen molar-refractivity contribution >= 4 is 23.7 Å². The van der Waals surface area contributed by atoms with Crippen LogP contribution >= 0.6 is 0 Å². The van der Waals surface area contributed by atoms with E-state index in [2.05, 4.69) is 5.32 Å². The van der Waals surface area contributed by atoms with E-state index >= 15 is 0 Å². The van der Waals surface area contributed by atoms with Crippen molar-refractivity contribution in [2.75, 3.05) is 25.2 Å². The maximum Gasteiger partial charge on any atom is 0.415 e. The Morgan fingerprint density at radius 1 is 0.942 bits per heavy atom. The number of nitrogens with zero attached hydrogens (tertiary/aromatic N) is 2. The molecule has 274 valence electrons. The largest absolute Gasteiger partial charge is 0.489 e. The molecular formula is C36H32F5N3O8. The third kappa shape index (κ3) is 8.16. The number of hydrogen-bond acceptors (Lipinski definition) is 8. The van der Waals surface area contributed by atoms with Gasteiger partial charge in [-0.25, -0.2) is 31.5 Å². The third-order valence-electron chi connectivity index (χ3n) is 7.70. The third-order valence-corrected chi connectivity index (χ3v) is 7.70. The molecule has 1 unspecified atom stereocenters. The lowest BCUT2D eigenvalue weighted by atomic mass is 10.1. The number of carbonyl (C=O) groups excluding carboxylic acids is 3. The van der Waals surface area contributed by atoms with Gasteiger partial charge in [-0.3, -0.25) is 14.5 Å². The minimum absolute atomic E-state index is 0.224. The van der Waals surface area contributed by atoms with Crippen molar-refractivity contribution in [3.63, 3.8) is 0 Å². The molecule has 2 heterocycles. The SMILES string of the molecule is COC(=O)c1c(OCc2ccccc2)c(=O)c(C(=O)NCc2c(F)cc(F)cc2F)cn1C1COc2cc(F)c(F)cc2N(C(=O)OC(C)(C)C)C1. The van der Waals surface area contributed by atoms with Crippen LogP contribution in [0.15, 0.2) is 65.6 Å². The summed E-state index contributed by atoms with van der Waals surface area (Å²) in [6, 6.07) is 9.47. The van der Waals surface area contributed by atoms with Gasteiger partial charge >= 0.3 is 12.1 Å². The summed E-state index contributed by atoms with van der Waals surface area (Å²) < 4.78 is 94.4. The zero-order valence-corrected chi connectivity index (χ0v) is 28.2. The summed E-state index contributed by atoms with van der Waals surface area (Å²) in [4.78, 5) is 55.4. The molecule has 1 aliphatic heterocycles. The molecular weight excluding hydrogens is 697 g/mol. The van der Waals surface area contributed by atoms with Gasteiger partial charge in [0.15, 0.2) is 23.1 Å². The van der Waals surface area contributed by atoms with E-state index in [1.807, 2.05) is 0 Å². The summed E-state index contributed by atoms with van der Waals surface area (Å²) in [5, 5.41) is 2.22. The van der Waals surface area contributed by atoms with E-state index in [1.165, 1.54) is 0 Å². The Morgan fingerprint density at radius 3 is 2.23 bits per heavy atom. The second-order valence-electron chi connectivity index (χ2n) is 12.5. The lowest BCUT2D eigenvalue weighted by Crippen LogP contribution is -2.41. The number of nitrogens with one attached hydrogen (secondary N) is 1. The molecule has 1 aromatic heterocycles. The number of rotatable bonds is 8. The van der Waals surface area contributed by atoms with Crippen molar-refractivity contribution in [3.05, 3.63) is 122 Å². The number of esters is 1. The smallest absolute Gasteiger partial charge is 0.415 e. The molecule has 52 heavy (non-hydrogen) atoms. The Balaban J connectivity index is 1.65. The second-order valence-corrected chi connectivity index (χ2v) is 12.5. The van der Waals surface area contributed by atoms with Crippen molar-refractivity contribution in [1.29, 1.82) is 0 Å². The Labute approximate surface area is 293 Å². The first kappa shape index (κ1) is 37.3. The monoisotopic (exact) mass is 729 g/mol. The van der Waals surface area contributed by atoms with Crippen molar-refractivity contribution in [2.24, 2.45) is 0 Å². The summed E-state index contributed by atoms with van der Waals surface area (Å²) in [5.74, 6) is -9.63. The Kier molecular flexibility index (Phi) is 10.9. The highest BCUT2D eigenvalue weighted by Crippen LogP contribution is 2.37. The van der Waals surface area contributed by atoms with Crippen LogP contribution in [0.25, 0.3) is 0 Å². The number of anilines is 1. The Bertz CT molecular complexity index is 2060. The molecule has 0 aliphatic carbocycles. The fourth-order valence-electron chi connectivity index (χ4n) is 5.27. The van der Waals surface area contributed by atoms with E-state index in [0.717, 1.165) is 34.9 Å². The standard InChI is InChI=1S/C36H32F5N3O8/c1-36(2,3)52-35(48)44-15-21(18-50-29-13-27(41)26(40)12-28(29)44)43-16-23(33(46)42-14-22-24(38)10-20(37)11-25(22)39)31(45)32(30(43)34(47)49-4)51-17-19-8-6-5-7-9-19/h5-13,16,21H,14-15,17-18H2,1-4H3,(H,42,46). The van der Waals surface area contributed by atoms with Crippen molar-refractivity contribution < 1.29 is 55.3 Å². The van der Waals surface area contributed by atoms with Gasteiger partial charge in [0.25, 0.3) is 5.91 Å². The molecule has 2 amide bonds. The molecule has 0 saturated heterocycles. The number of carbonyl (C=O) groups is 3. The molecule has 1 aliphatic rings. The van der Waals surface area contributed by atoms with Crippen LogP contribution in [-0.2, 0) is 22.6 Å². The number of halogens is 5. The quantitative estimate of drug-likeness (QED) is 0.168. The Morgan fingerprint density at radius 2 is 1.60 bits per heavy atom. The van der Waals surface area contributed by atoms with Gasteiger partial charge in [0, 0.05) is 42.6 Å². The molecule has 0 spiro atoms. The molecule has 16 heteroatoms. The van der Waals surface area contributed by atoms with Gasteiger partial charge in [-0.2, -0.15) is 0 Å². The number of pyridine rings is 1. The lowest BCUT2D eigenvalue weighted by molar-refractivity contribution is 0.0572. The highest BCUT2D eigenvalue weighted by molar-refractivity contribution is 5.97. The van der Waals surface area contributed by atoms with Crippen LogP contribution in [0.4, 0.5) is 32.4 Å². The van der Waals surface area contributed by atoms with Crippen molar-refractivity contribution in [2.45, 2.75) is 45.6 Å². The molecule has 1 atom stereocenters. The molecule has 0 saturated carbocycles. The zero-order valence-electron chi connectivity index (χ0n) is 28.2. The first-order chi connectivity index (χ1) is 24.6. The van der Waals surface area contributed by atoms with Gasteiger partial charge in [0.2, 0.25) is 5.43 Å². The summed E-state index contributed by atoms with van der Waals surface area (Å²) in [5.41, 5.74) is -3.79. The van der Waals surface area contributed by atoms with Gasteiger partial charge < -0.3 is 28.8 Å². The first-order valence-corrected chi connectivity index (χ1v) is 15.7. The average molecular weight is 730 g/mol. The van der Waals surface area contributed by atoms with Crippen LogP contribution in [0.3, 0.4) is 0 Å². The molecule has 3 aromatic carbocycles. The molecule has 0 fully saturated rings.